The van der Waals surface area contributed by atoms with Crippen molar-refractivity contribution in [3.63, 3.8) is 0 Å². The van der Waals surface area contributed by atoms with E-state index in [9.17, 15) is 4.79 Å². The number of aromatic nitrogens is 5. The zero-order valence-electron chi connectivity index (χ0n) is 14.3. The van der Waals surface area contributed by atoms with Gasteiger partial charge in [-0.15, -0.1) is 0 Å². The molecule has 0 aliphatic rings. The highest BCUT2D eigenvalue weighted by Gasteiger charge is 2.07. The second-order valence-corrected chi connectivity index (χ2v) is 5.95. The molecule has 0 spiro atoms. The first-order valence-electron chi connectivity index (χ1n) is 8.45. The summed E-state index contributed by atoms with van der Waals surface area (Å²) in [5.41, 5.74) is 3.23. The third-order valence-electron chi connectivity index (χ3n) is 4.08. The van der Waals surface area contributed by atoms with Gasteiger partial charge in [0.05, 0.1) is 11.0 Å². The molecule has 4 aromatic rings. The van der Waals surface area contributed by atoms with E-state index in [0.717, 1.165) is 27.8 Å². The second kappa shape index (κ2) is 7.24. The van der Waals surface area contributed by atoms with E-state index in [2.05, 4.69) is 30.6 Å². The lowest BCUT2D eigenvalue weighted by Gasteiger charge is -2.08. The summed E-state index contributed by atoms with van der Waals surface area (Å²) in [7, 11) is 0. The summed E-state index contributed by atoms with van der Waals surface area (Å²) in [5.74, 6) is 0.481. The molecule has 9 heteroatoms. The minimum atomic E-state index is -1.01. The molecule has 0 unspecified atom stereocenters. The normalized spacial score (nSPS) is 11.0. The average Bonchev–Trinajstić information content (AvgIpc) is 3.07. The molecule has 1 amide bonds. The van der Waals surface area contributed by atoms with Crippen molar-refractivity contribution in [1.29, 1.82) is 0 Å². The Morgan fingerprint density at radius 1 is 1.11 bits per heavy atom. The molecular formula is C18H17N7O2. The van der Waals surface area contributed by atoms with Gasteiger partial charge in [-0.25, -0.2) is 9.78 Å². The second-order valence-electron chi connectivity index (χ2n) is 5.95. The van der Waals surface area contributed by atoms with Gasteiger partial charge in [-0.05, 0) is 30.7 Å². The number of carboxylic acid groups (broad SMARTS) is 1. The van der Waals surface area contributed by atoms with Crippen LogP contribution in [0.4, 0.5) is 16.4 Å². The number of fused-ring (bicyclic) bond motifs is 2. The zero-order chi connectivity index (χ0) is 18.6. The predicted octanol–water partition coefficient (Wildman–Crippen LogP) is 2.78. The van der Waals surface area contributed by atoms with Gasteiger partial charge in [-0.1, -0.05) is 0 Å². The van der Waals surface area contributed by atoms with Crippen LogP contribution in [0.5, 0.6) is 0 Å². The van der Waals surface area contributed by atoms with Crippen molar-refractivity contribution >= 4 is 39.8 Å². The molecule has 4 rings (SSSR count). The maximum absolute atomic E-state index is 10.5. The SMILES string of the molecule is O=C(O)NCCCn1ccc2cnc(Nc3ccc4nccnc4c3)nc21. The number of aryl methyl sites for hydroxylation is 1. The van der Waals surface area contributed by atoms with Gasteiger partial charge in [-0.2, -0.15) is 4.98 Å². The Balaban J connectivity index is 1.53. The van der Waals surface area contributed by atoms with Crippen LogP contribution >= 0.6 is 0 Å². The smallest absolute Gasteiger partial charge is 0.404 e. The average molecular weight is 363 g/mol. The van der Waals surface area contributed by atoms with Gasteiger partial charge < -0.3 is 20.3 Å². The first-order valence-corrected chi connectivity index (χ1v) is 8.45. The van der Waals surface area contributed by atoms with Crippen LogP contribution in [0.2, 0.25) is 0 Å². The minimum Gasteiger partial charge on any atom is -0.465 e. The monoisotopic (exact) mass is 363 g/mol. The number of hydrogen-bond donors (Lipinski definition) is 3. The molecule has 0 fully saturated rings. The first kappa shape index (κ1) is 16.7. The van der Waals surface area contributed by atoms with Gasteiger partial charge in [0.15, 0.2) is 0 Å². The summed E-state index contributed by atoms with van der Waals surface area (Å²) in [5, 5.41) is 15.1. The Morgan fingerprint density at radius 2 is 1.96 bits per heavy atom. The van der Waals surface area contributed by atoms with E-state index in [1.54, 1.807) is 18.6 Å². The number of nitrogens with one attached hydrogen (secondary N) is 2. The van der Waals surface area contributed by atoms with Crippen LogP contribution in [0.15, 0.2) is 49.1 Å². The van der Waals surface area contributed by atoms with Gasteiger partial charge in [0.25, 0.3) is 0 Å². The molecule has 0 atom stereocenters. The summed E-state index contributed by atoms with van der Waals surface area (Å²) in [6, 6.07) is 7.63. The zero-order valence-corrected chi connectivity index (χ0v) is 14.3. The summed E-state index contributed by atoms with van der Waals surface area (Å²) in [6.45, 7) is 1.05. The molecule has 3 N–H and O–H groups in total. The number of carbonyl (C=O) groups is 1. The highest BCUT2D eigenvalue weighted by molar-refractivity contribution is 5.80. The van der Waals surface area contributed by atoms with Crippen LogP contribution in [-0.2, 0) is 6.54 Å². The molecule has 27 heavy (non-hydrogen) atoms. The van der Waals surface area contributed by atoms with Gasteiger partial charge in [-0.3, -0.25) is 9.97 Å². The van der Waals surface area contributed by atoms with Crippen LogP contribution in [-0.4, -0.2) is 42.2 Å². The fraction of sp³-hybridized carbons (Fsp3) is 0.167. The molecule has 0 saturated heterocycles. The molecule has 136 valence electrons. The van der Waals surface area contributed by atoms with Crippen molar-refractivity contribution in [2.75, 3.05) is 11.9 Å². The van der Waals surface area contributed by atoms with Crippen LogP contribution < -0.4 is 10.6 Å². The molecule has 0 aliphatic heterocycles. The summed E-state index contributed by atoms with van der Waals surface area (Å²) < 4.78 is 1.98. The van der Waals surface area contributed by atoms with E-state index in [1.807, 2.05) is 35.0 Å². The Bertz CT molecular complexity index is 1110. The van der Waals surface area contributed by atoms with Gasteiger partial charge in [0.1, 0.15) is 5.65 Å². The Morgan fingerprint density at radius 3 is 2.81 bits per heavy atom. The van der Waals surface area contributed by atoms with E-state index in [1.165, 1.54) is 0 Å². The van der Waals surface area contributed by atoms with Gasteiger partial charge >= 0.3 is 6.09 Å². The van der Waals surface area contributed by atoms with Crippen LogP contribution in [0.1, 0.15) is 6.42 Å². The third-order valence-corrected chi connectivity index (χ3v) is 4.08. The fourth-order valence-electron chi connectivity index (χ4n) is 2.83. The van der Waals surface area contributed by atoms with Crippen molar-refractivity contribution in [3.05, 3.63) is 49.1 Å². The van der Waals surface area contributed by atoms with E-state index in [0.29, 0.717) is 25.5 Å². The molecule has 0 radical (unpaired) electrons. The number of hydrogen-bond acceptors (Lipinski definition) is 6. The summed E-state index contributed by atoms with van der Waals surface area (Å²) in [6.07, 6.45) is 6.66. The third kappa shape index (κ3) is 3.76. The van der Waals surface area contributed by atoms with Crippen LogP contribution in [0, 0.1) is 0 Å². The maximum Gasteiger partial charge on any atom is 0.404 e. The number of benzene rings is 1. The molecule has 0 saturated carbocycles. The van der Waals surface area contributed by atoms with Crippen LogP contribution in [0.3, 0.4) is 0 Å². The summed E-state index contributed by atoms with van der Waals surface area (Å²) >= 11 is 0. The highest BCUT2D eigenvalue weighted by atomic mass is 16.4. The molecule has 1 aromatic carbocycles. The predicted molar refractivity (Wildman–Crippen MR) is 101 cm³/mol. The fourth-order valence-corrected chi connectivity index (χ4v) is 2.83. The van der Waals surface area contributed by atoms with E-state index < -0.39 is 6.09 Å². The number of nitrogens with zero attached hydrogens (tertiary/aromatic N) is 5. The Labute approximate surface area is 154 Å². The number of anilines is 2. The lowest BCUT2D eigenvalue weighted by atomic mass is 10.2. The molecule has 3 heterocycles. The molecule has 0 bridgehead atoms. The summed E-state index contributed by atoms with van der Waals surface area (Å²) in [4.78, 5) is 28.0. The number of rotatable bonds is 6. The lowest BCUT2D eigenvalue weighted by molar-refractivity contribution is 0.194. The maximum atomic E-state index is 10.5. The van der Waals surface area contributed by atoms with E-state index in [-0.39, 0.29) is 0 Å². The van der Waals surface area contributed by atoms with Gasteiger partial charge in [0.2, 0.25) is 5.95 Å². The molecule has 9 nitrogen and oxygen atoms in total. The largest absolute Gasteiger partial charge is 0.465 e. The molecular weight excluding hydrogens is 346 g/mol. The lowest BCUT2D eigenvalue weighted by Crippen LogP contribution is -2.22. The van der Waals surface area contributed by atoms with Crippen molar-refractivity contribution in [1.82, 2.24) is 29.8 Å². The molecule has 3 aromatic heterocycles. The van der Waals surface area contributed by atoms with E-state index >= 15 is 0 Å². The van der Waals surface area contributed by atoms with Crippen LogP contribution in [0.25, 0.3) is 22.1 Å². The standard InChI is InChI=1S/C18H17N7O2/c26-18(27)21-5-1-8-25-9-4-12-11-22-17(24-16(12)25)23-13-2-3-14-15(10-13)20-7-6-19-14/h2-4,6-7,9-11,21H,1,5,8H2,(H,26,27)(H,22,23,24). The van der Waals surface area contributed by atoms with Crippen molar-refractivity contribution < 1.29 is 9.90 Å². The van der Waals surface area contributed by atoms with E-state index in [4.69, 9.17) is 5.11 Å². The topological polar surface area (TPSA) is 118 Å². The minimum absolute atomic E-state index is 0.392. The highest BCUT2D eigenvalue weighted by Crippen LogP contribution is 2.20. The number of amides is 1. The Hall–Kier alpha value is -3.75. The molecule has 0 aliphatic carbocycles. The first-order chi connectivity index (χ1) is 13.2. The van der Waals surface area contributed by atoms with Crippen molar-refractivity contribution in [2.45, 2.75) is 13.0 Å². The van der Waals surface area contributed by atoms with Gasteiger partial charge in [0, 0.05) is 49.0 Å². The quantitative estimate of drug-likeness (QED) is 0.451. The van der Waals surface area contributed by atoms with Crippen molar-refractivity contribution in [3.8, 4) is 0 Å². The Kier molecular flexibility index (Phi) is 4.48. The van der Waals surface area contributed by atoms with Crippen molar-refractivity contribution in [2.24, 2.45) is 0 Å².